The van der Waals surface area contributed by atoms with Gasteiger partial charge in [-0.3, -0.25) is 0 Å². The zero-order valence-electron chi connectivity index (χ0n) is 15.3. The molecule has 0 saturated carbocycles. The molecule has 0 radical (unpaired) electrons. The Morgan fingerprint density at radius 3 is 1.17 bits per heavy atom. The first-order valence-electron chi connectivity index (χ1n) is 7.46. The topological polar surface area (TPSA) is 17.1 Å². The van der Waals surface area contributed by atoms with Gasteiger partial charge in [0, 0.05) is 0 Å². The third kappa shape index (κ3) is 24.8. The van der Waals surface area contributed by atoms with Crippen molar-refractivity contribution in [3.63, 3.8) is 0 Å². The molecule has 0 rings (SSSR count). The molecular weight excluding hydrogens is 220 g/mol. The SMILES string of the molecule is CC.CC.CC(C)C(C)(C)CC(C)(C)C.CC=O. The summed E-state index contributed by atoms with van der Waals surface area (Å²) in [5.41, 5.74) is 0.950. The monoisotopic (exact) mass is 260 g/mol. The number of carbonyl (C=O) groups excluding carboxylic acids is 1. The molecule has 0 amide bonds. The Bertz CT molecular complexity index is 149. The number of rotatable bonds is 2. The molecule has 114 valence electrons. The van der Waals surface area contributed by atoms with Crippen molar-refractivity contribution < 1.29 is 4.79 Å². The maximum atomic E-state index is 8.81. The molecule has 0 bridgehead atoms. The number of carbonyl (C=O) groups is 1. The second kappa shape index (κ2) is 14.7. The zero-order valence-corrected chi connectivity index (χ0v) is 15.3. The molecule has 18 heavy (non-hydrogen) atoms. The molecule has 1 heteroatoms. The van der Waals surface area contributed by atoms with Gasteiger partial charge in [0.15, 0.2) is 0 Å². The normalized spacial score (nSPS) is 10.1. The van der Waals surface area contributed by atoms with Crippen LogP contribution in [0.4, 0.5) is 0 Å². The minimum Gasteiger partial charge on any atom is -0.304 e. The van der Waals surface area contributed by atoms with Crippen LogP contribution in [0.2, 0.25) is 0 Å². The largest absolute Gasteiger partial charge is 0.304 e. The van der Waals surface area contributed by atoms with Crippen molar-refractivity contribution in [2.75, 3.05) is 0 Å². The number of aldehydes is 1. The standard InChI is InChI=1S/C11H24.C2H4O.2C2H6/c1-9(2)11(6,7)8-10(3,4)5;1-2-3;2*1-2/h9H,8H2,1-7H3;2H,1H3;2*1-2H3. The molecular formula is C17H40O. The Kier molecular flexibility index (Phi) is 21.5. The van der Waals surface area contributed by atoms with Crippen molar-refractivity contribution in [1.29, 1.82) is 0 Å². The molecule has 0 saturated heterocycles. The predicted octanol–water partition coefficient (Wildman–Crippen LogP) is 6.36. The fourth-order valence-corrected chi connectivity index (χ4v) is 1.57. The molecule has 0 fully saturated rings. The minimum atomic E-state index is 0.466. The van der Waals surface area contributed by atoms with Crippen LogP contribution < -0.4 is 0 Å². The van der Waals surface area contributed by atoms with Crippen molar-refractivity contribution in [3.05, 3.63) is 0 Å². The molecule has 0 aliphatic rings. The summed E-state index contributed by atoms with van der Waals surface area (Å²) in [6.45, 7) is 25.7. The molecule has 0 aromatic heterocycles. The van der Waals surface area contributed by atoms with Crippen molar-refractivity contribution in [2.45, 2.75) is 89.5 Å². The molecule has 0 atom stereocenters. The summed E-state index contributed by atoms with van der Waals surface area (Å²) in [5, 5.41) is 0. The summed E-state index contributed by atoms with van der Waals surface area (Å²) in [6, 6.07) is 0. The first-order valence-corrected chi connectivity index (χ1v) is 7.46. The van der Waals surface area contributed by atoms with Crippen LogP contribution in [0.3, 0.4) is 0 Å². The zero-order chi connectivity index (χ0) is 16.0. The van der Waals surface area contributed by atoms with Gasteiger partial charge in [0.1, 0.15) is 6.29 Å². The van der Waals surface area contributed by atoms with Gasteiger partial charge in [-0.15, -0.1) is 0 Å². The summed E-state index contributed by atoms with van der Waals surface area (Å²) in [5.74, 6) is 0.779. The highest BCUT2D eigenvalue weighted by Crippen LogP contribution is 2.38. The molecule has 0 aromatic carbocycles. The number of hydrogen-bond acceptors (Lipinski definition) is 1. The molecule has 0 aliphatic heterocycles. The molecule has 1 nitrogen and oxygen atoms in total. The molecule has 0 N–H and O–H groups in total. The first kappa shape index (κ1) is 26.3. The third-order valence-corrected chi connectivity index (χ3v) is 2.55. The van der Waals surface area contributed by atoms with E-state index >= 15 is 0 Å². The van der Waals surface area contributed by atoms with Crippen LogP contribution in [0.5, 0.6) is 0 Å². The lowest BCUT2D eigenvalue weighted by Gasteiger charge is -2.35. The van der Waals surface area contributed by atoms with Gasteiger partial charge in [-0.2, -0.15) is 0 Å². The Labute approximate surface area is 118 Å². The Morgan fingerprint density at radius 1 is 0.889 bits per heavy atom. The fraction of sp³-hybridized carbons (Fsp3) is 0.941. The summed E-state index contributed by atoms with van der Waals surface area (Å²) >= 11 is 0. The van der Waals surface area contributed by atoms with E-state index in [4.69, 9.17) is 4.79 Å². The summed E-state index contributed by atoms with van der Waals surface area (Å²) in [4.78, 5) is 8.81. The van der Waals surface area contributed by atoms with Crippen LogP contribution >= 0.6 is 0 Å². The lowest BCUT2D eigenvalue weighted by Crippen LogP contribution is -2.25. The van der Waals surface area contributed by atoms with Gasteiger partial charge in [0.05, 0.1) is 0 Å². The van der Waals surface area contributed by atoms with E-state index in [1.807, 2.05) is 27.7 Å². The third-order valence-electron chi connectivity index (χ3n) is 2.55. The van der Waals surface area contributed by atoms with E-state index < -0.39 is 0 Å². The summed E-state index contributed by atoms with van der Waals surface area (Å²) in [7, 11) is 0. The van der Waals surface area contributed by atoms with E-state index in [1.54, 1.807) is 0 Å². The van der Waals surface area contributed by atoms with Gasteiger partial charge in [0.25, 0.3) is 0 Å². The summed E-state index contributed by atoms with van der Waals surface area (Å²) < 4.78 is 0. The van der Waals surface area contributed by atoms with E-state index in [2.05, 4.69) is 48.5 Å². The highest BCUT2D eigenvalue weighted by molar-refractivity contribution is 5.44. The Hall–Kier alpha value is -0.330. The van der Waals surface area contributed by atoms with E-state index in [0.29, 0.717) is 10.8 Å². The minimum absolute atomic E-state index is 0.466. The molecule has 0 unspecified atom stereocenters. The molecule has 0 heterocycles. The predicted molar refractivity (Wildman–Crippen MR) is 87.1 cm³/mol. The average molecular weight is 261 g/mol. The highest BCUT2D eigenvalue weighted by atomic mass is 16.1. The molecule has 0 spiro atoms. The van der Waals surface area contributed by atoms with E-state index in [1.165, 1.54) is 13.3 Å². The number of hydrogen-bond donors (Lipinski definition) is 0. The maximum Gasteiger partial charge on any atom is 0.116 e. The van der Waals surface area contributed by atoms with Gasteiger partial charge in [-0.1, -0.05) is 76.2 Å². The molecule has 0 aliphatic carbocycles. The molecule has 0 aromatic rings. The Balaban J connectivity index is -0.000000118. The van der Waals surface area contributed by atoms with Crippen molar-refractivity contribution in [1.82, 2.24) is 0 Å². The fourth-order valence-electron chi connectivity index (χ4n) is 1.57. The van der Waals surface area contributed by atoms with Crippen LogP contribution in [0, 0.1) is 16.7 Å². The van der Waals surface area contributed by atoms with Crippen LogP contribution in [0.1, 0.15) is 89.5 Å². The van der Waals surface area contributed by atoms with Crippen LogP contribution in [0.25, 0.3) is 0 Å². The van der Waals surface area contributed by atoms with Gasteiger partial charge in [0.2, 0.25) is 0 Å². The van der Waals surface area contributed by atoms with Crippen molar-refractivity contribution in [2.24, 2.45) is 16.7 Å². The van der Waals surface area contributed by atoms with Gasteiger partial charge >= 0.3 is 0 Å². The maximum absolute atomic E-state index is 8.81. The van der Waals surface area contributed by atoms with Crippen LogP contribution in [-0.4, -0.2) is 6.29 Å². The van der Waals surface area contributed by atoms with Crippen LogP contribution in [0.15, 0.2) is 0 Å². The van der Waals surface area contributed by atoms with Crippen molar-refractivity contribution >= 4 is 6.29 Å². The first-order chi connectivity index (χ1) is 8.06. The quantitative estimate of drug-likeness (QED) is 0.528. The van der Waals surface area contributed by atoms with Gasteiger partial charge in [-0.25, -0.2) is 0 Å². The highest BCUT2D eigenvalue weighted by Gasteiger charge is 2.27. The van der Waals surface area contributed by atoms with Gasteiger partial charge in [-0.05, 0) is 30.1 Å². The van der Waals surface area contributed by atoms with E-state index in [9.17, 15) is 0 Å². The lowest BCUT2D eigenvalue weighted by molar-refractivity contribution is -0.106. The van der Waals surface area contributed by atoms with Crippen LogP contribution in [-0.2, 0) is 4.79 Å². The summed E-state index contributed by atoms with van der Waals surface area (Å²) in [6.07, 6.45) is 2.05. The van der Waals surface area contributed by atoms with E-state index in [-0.39, 0.29) is 0 Å². The second-order valence-corrected chi connectivity index (χ2v) is 6.12. The smallest absolute Gasteiger partial charge is 0.116 e. The van der Waals surface area contributed by atoms with Crippen molar-refractivity contribution in [3.8, 4) is 0 Å². The Morgan fingerprint density at radius 2 is 1.11 bits per heavy atom. The van der Waals surface area contributed by atoms with Gasteiger partial charge < -0.3 is 4.79 Å². The second-order valence-electron chi connectivity index (χ2n) is 6.12. The average Bonchev–Trinajstić information content (AvgIpc) is 2.21. The van der Waals surface area contributed by atoms with E-state index in [0.717, 1.165) is 12.2 Å². The lowest BCUT2D eigenvalue weighted by atomic mass is 9.70.